The van der Waals surface area contributed by atoms with Crippen LogP contribution in [0.15, 0.2) is 40.9 Å². The number of nitrogens with one attached hydrogen (secondary N) is 1. The molecule has 0 bridgehead atoms. The molecule has 0 aliphatic heterocycles. The number of methoxy groups -OCH3 is 1. The van der Waals surface area contributed by atoms with Crippen LogP contribution < -0.4 is 14.8 Å². The molecule has 2 aromatic rings. The van der Waals surface area contributed by atoms with E-state index in [1.807, 2.05) is 37.3 Å². The number of rotatable bonds is 6. The summed E-state index contributed by atoms with van der Waals surface area (Å²) < 4.78 is 11.6. The maximum Gasteiger partial charge on any atom is 0.258 e. The topological polar surface area (TPSA) is 47.6 Å². The number of halogens is 2. The highest BCUT2D eigenvalue weighted by Gasteiger charge is 2.10. The van der Waals surface area contributed by atoms with E-state index in [0.29, 0.717) is 17.3 Å². The van der Waals surface area contributed by atoms with Gasteiger partial charge in [-0.05, 0) is 30.7 Å². The van der Waals surface area contributed by atoms with E-state index in [2.05, 4.69) is 21.2 Å². The normalized spacial score (nSPS) is 10.3. The Hall–Kier alpha value is -1.72. The lowest BCUT2D eigenvalue weighted by atomic mass is 10.2. The van der Waals surface area contributed by atoms with E-state index >= 15 is 0 Å². The standard InChI is InChI=1S/C17H17BrClNO3/c1-11-7-13(18)8-14(19)17(11)23-10-16(21)20-9-12-5-3-4-6-15(12)22-2/h3-8H,9-10H2,1-2H3,(H,20,21). The lowest BCUT2D eigenvalue weighted by Gasteiger charge is -2.12. The Kier molecular flexibility index (Phi) is 6.30. The highest BCUT2D eigenvalue weighted by atomic mass is 79.9. The van der Waals surface area contributed by atoms with Crippen molar-refractivity contribution in [3.63, 3.8) is 0 Å². The number of ether oxygens (including phenoxy) is 2. The third kappa shape index (κ3) is 4.88. The Morgan fingerprint density at radius 3 is 2.74 bits per heavy atom. The number of benzene rings is 2. The van der Waals surface area contributed by atoms with Crippen LogP contribution in [0, 0.1) is 6.92 Å². The van der Waals surface area contributed by atoms with Crippen LogP contribution in [0.25, 0.3) is 0 Å². The van der Waals surface area contributed by atoms with Crippen molar-refractivity contribution < 1.29 is 14.3 Å². The van der Waals surface area contributed by atoms with Gasteiger partial charge in [0.05, 0.1) is 12.1 Å². The van der Waals surface area contributed by atoms with Crippen molar-refractivity contribution in [2.75, 3.05) is 13.7 Å². The van der Waals surface area contributed by atoms with Crippen molar-refractivity contribution in [3.8, 4) is 11.5 Å². The number of para-hydroxylation sites is 1. The fourth-order valence-corrected chi connectivity index (χ4v) is 3.13. The van der Waals surface area contributed by atoms with E-state index in [4.69, 9.17) is 21.1 Å². The number of carbonyl (C=O) groups excluding carboxylic acids is 1. The summed E-state index contributed by atoms with van der Waals surface area (Å²) in [5.74, 6) is 1.03. The molecule has 1 N–H and O–H groups in total. The molecule has 0 radical (unpaired) electrons. The SMILES string of the molecule is COc1ccccc1CNC(=O)COc1c(C)cc(Br)cc1Cl. The molecule has 23 heavy (non-hydrogen) atoms. The fourth-order valence-electron chi connectivity index (χ4n) is 2.10. The molecular weight excluding hydrogens is 382 g/mol. The summed E-state index contributed by atoms with van der Waals surface area (Å²) in [5, 5.41) is 3.26. The van der Waals surface area contributed by atoms with Crippen LogP contribution in [0.2, 0.25) is 5.02 Å². The molecule has 122 valence electrons. The first-order chi connectivity index (χ1) is 11.0. The lowest BCUT2D eigenvalue weighted by Crippen LogP contribution is -2.28. The monoisotopic (exact) mass is 397 g/mol. The number of amides is 1. The molecule has 2 aromatic carbocycles. The van der Waals surface area contributed by atoms with Gasteiger partial charge in [-0.3, -0.25) is 4.79 Å². The quantitative estimate of drug-likeness (QED) is 0.796. The minimum Gasteiger partial charge on any atom is -0.496 e. The molecular formula is C17H17BrClNO3. The van der Waals surface area contributed by atoms with Crippen LogP contribution in [0.3, 0.4) is 0 Å². The molecule has 0 atom stereocenters. The van der Waals surface area contributed by atoms with Gasteiger partial charge in [-0.1, -0.05) is 45.7 Å². The van der Waals surface area contributed by atoms with E-state index in [-0.39, 0.29) is 12.5 Å². The number of hydrogen-bond acceptors (Lipinski definition) is 3. The largest absolute Gasteiger partial charge is 0.496 e. The molecule has 2 rings (SSSR count). The molecule has 0 aliphatic carbocycles. The van der Waals surface area contributed by atoms with Crippen LogP contribution in [0.4, 0.5) is 0 Å². The van der Waals surface area contributed by atoms with Crippen molar-refractivity contribution in [2.45, 2.75) is 13.5 Å². The minimum absolute atomic E-state index is 0.0999. The second-order valence-corrected chi connectivity index (χ2v) is 6.23. The van der Waals surface area contributed by atoms with E-state index < -0.39 is 0 Å². The van der Waals surface area contributed by atoms with Gasteiger partial charge < -0.3 is 14.8 Å². The summed E-state index contributed by atoms with van der Waals surface area (Å²) in [6.45, 7) is 2.15. The van der Waals surface area contributed by atoms with Gasteiger partial charge in [-0.15, -0.1) is 0 Å². The molecule has 0 unspecified atom stereocenters. The van der Waals surface area contributed by atoms with Gasteiger partial charge in [-0.2, -0.15) is 0 Å². The highest BCUT2D eigenvalue weighted by molar-refractivity contribution is 9.10. The molecule has 1 amide bonds. The molecule has 0 heterocycles. The second kappa shape index (κ2) is 8.22. The van der Waals surface area contributed by atoms with Gasteiger partial charge >= 0.3 is 0 Å². The molecule has 0 fully saturated rings. The maximum absolute atomic E-state index is 11.9. The van der Waals surface area contributed by atoms with Gasteiger partial charge in [0.1, 0.15) is 11.5 Å². The summed E-state index contributed by atoms with van der Waals surface area (Å²) in [4.78, 5) is 11.9. The van der Waals surface area contributed by atoms with Crippen molar-refractivity contribution in [2.24, 2.45) is 0 Å². The Labute approximate surface area is 148 Å². The van der Waals surface area contributed by atoms with Crippen molar-refractivity contribution in [1.82, 2.24) is 5.32 Å². The van der Waals surface area contributed by atoms with Crippen LogP contribution in [0.1, 0.15) is 11.1 Å². The van der Waals surface area contributed by atoms with Gasteiger partial charge in [0, 0.05) is 16.6 Å². The number of aryl methyl sites for hydroxylation is 1. The van der Waals surface area contributed by atoms with Crippen molar-refractivity contribution in [3.05, 3.63) is 57.0 Å². The first-order valence-electron chi connectivity index (χ1n) is 6.98. The zero-order chi connectivity index (χ0) is 16.8. The average molecular weight is 399 g/mol. The summed E-state index contributed by atoms with van der Waals surface area (Å²) >= 11 is 9.49. The smallest absolute Gasteiger partial charge is 0.258 e. The Morgan fingerprint density at radius 1 is 1.30 bits per heavy atom. The Morgan fingerprint density at radius 2 is 2.04 bits per heavy atom. The minimum atomic E-state index is -0.228. The third-order valence-electron chi connectivity index (χ3n) is 3.21. The first-order valence-corrected chi connectivity index (χ1v) is 8.15. The first kappa shape index (κ1) is 17.6. The van der Waals surface area contributed by atoms with Gasteiger partial charge in [0.25, 0.3) is 5.91 Å². The lowest BCUT2D eigenvalue weighted by molar-refractivity contribution is -0.123. The van der Waals surface area contributed by atoms with Crippen molar-refractivity contribution in [1.29, 1.82) is 0 Å². The summed E-state index contributed by atoms with van der Waals surface area (Å²) in [6, 6.07) is 11.1. The van der Waals surface area contributed by atoms with Crippen LogP contribution in [0.5, 0.6) is 11.5 Å². The van der Waals surface area contributed by atoms with E-state index in [1.165, 1.54) is 0 Å². The predicted molar refractivity (Wildman–Crippen MR) is 94.2 cm³/mol. The molecule has 0 saturated carbocycles. The summed E-state index contributed by atoms with van der Waals surface area (Å²) in [6.07, 6.45) is 0. The van der Waals surface area contributed by atoms with Gasteiger partial charge in [0.2, 0.25) is 0 Å². The van der Waals surface area contributed by atoms with Gasteiger partial charge in [-0.25, -0.2) is 0 Å². The number of hydrogen-bond donors (Lipinski definition) is 1. The zero-order valence-corrected chi connectivity index (χ0v) is 15.2. The zero-order valence-electron chi connectivity index (χ0n) is 12.9. The fraction of sp³-hybridized carbons (Fsp3) is 0.235. The van der Waals surface area contributed by atoms with Crippen molar-refractivity contribution >= 4 is 33.4 Å². The van der Waals surface area contributed by atoms with E-state index in [0.717, 1.165) is 21.3 Å². The molecule has 0 spiro atoms. The molecule has 0 aliphatic rings. The second-order valence-electron chi connectivity index (χ2n) is 4.91. The number of carbonyl (C=O) groups is 1. The molecule has 0 saturated heterocycles. The van der Waals surface area contributed by atoms with E-state index in [1.54, 1.807) is 13.2 Å². The molecule has 6 heteroatoms. The highest BCUT2D eigenvalue weighted by Crippen LogP contribution is 2.31. The predicted octanol–water partition coefficient (Wildman–Crippen LogP) is 4.11. The molecule has 4 nitrogen and oxygen atoms in total. The van der Waals surface area contributed by atoms with Gasteiger partial charge in [0.15, 0.2) is 6.61 Å². The summed E-state index contributed by atoms with van der Waals surface area (Å²) in [5.41, 5.74) is 1.77. The van der Waals surface area contributed by atoms with Crippen LogP contribution in [-0.4, -0.2) is 19.6 Å². The molecule has 0 aromatic heterocycles. The third-order valence-corrected chi connectivity index (χ3v) is 3.95. The Bertz CT molecular complexity index is 683. The Balaban J connectivity index is 1.91. The van der Waals surface area contributed by atoms with Crippen LogP contribution in [-0.2, 0) is 11.3 Å². The average Bonchev–Trinajstić information content (AvgIpc) is 2.52. The maximum atomic E-state index is 11.9. The summed E-state index contributed by atoms with van der Waals surface area (Å²) in [7, 11) is 1.60. The van der Waals surface area contributed by atoms with E-state index in [9.17, 15) is 4.79 Å². The van der Waals surface area contributed by atoms with Crippen LogP contribution >= 0.6 is 27.5 Å².